The number of benzene rings is 4. The van der Waals surface area contributed by atoms with Crippen molar-refractivity contribution in [3.63, 3.8) is 0 Å². The van der Waals surface area contributed by atoms with Crippen molar-refractivity contribution in [2.45, 2.75) is 78.6 Å². The number of hydrogen-bond acceptors (Lipinski definition) is 2. The van der Waals surface area contributed by atoms with E-state index < -0.39 is 0 Å². The molecule has 0 aliphatic rings. The van der Waals surface area contributed by atoms with E-state index in [2.05, 4.69) is 150 Å². The van der Waals surface area contributed by atoms with E-state index in [4.69, 9.17) is 10.2 Å². The van der Waals surface area contributed by atoms with E-state index in [1.165, 1.54) is 33.4 Å². The topological polar surface area (TPSA) is 30.7 Å². The molecule has 0 bridgehead atoms. The number of aryl methyl sites for hydroxylation is 1. The third-order valence-corrected chi connectivity index (χ3v) is 8.16. The van der Waals surface area contributed by atoms with Crippen LogP contribution in [0.1, 0.15) is 77.8 Å². The molecule has 0 N–H and O–H groups in total. The summed E-state index contributed by atoms with van der Waals surface area (Å²) in [4.78, 5) is 0. The zero-order valence-corrected chi connectivity index (χ0v) is 25.7. The van der Waals surface area contributed by atoms with Crippen LogP contribution in [0.2, 0.25) is 0 Å². The van der Waals surface area contributed by atoms with Crippen LogP contribution in [0.4, 0.5) is 0 Å². The first-order chi connectivity index (χ1) is 19.6. The lowest BCUT2D eigenvalue weighted by Crippen LogP contribution is -2.23. The number of rotatable bonds is 8. The Kier molecular flexibility index (Phi) is 8.00. The van der Waals surface area contributed by atoms with Crippen molar-refractivity contribution < 1.29 is 0 Å². The number of nitrogens with zero attached hydrogens (tertiary/aromatic N) is 3. The van der Waals surface area contributed by atoms with Gasteiger partial charge in [0.05, 0.1) is 5.69 Å². The average molecular weight is 542 g/mol. The predicted molar refractivity (Wildman–Crippen MR) is 174 cm³/mol. The second-order valence-electron chi connectivity index (χ2n) is 12.9. The second-order valence-corrected chi connectivity index (χ2v) is 12.9. The normalized spacial score (nSPS) is 12.1. The monoisotopic (exact) mass is 541 g/mol. The molecule has 0 saturated carbocycles. The quantitative estimate of drug-likeness (QED) is 0.196. The van der Waals surface area contributed by atoms with Gasteiger partial charge >= 0.3 is 0 Å². The molecule has 0 aliphatic heterocycles. The van der Waals surface area contributed by atoms with E-state index in [-0.39, 0.29) is 10.8 Å². The van der Waals surface area contributed by atoms with Crippen molar-refractivity contribution in [2.24, 2.45) is 0 Å². The van der Waals surface area contributed by atoms with E-state index in [0.717, 1.165) is 42.2 Å². The first kappa shape index (κ1) is 28.5. The summed E-state index contributed by atoms with van der Waals surface area (Å²) in [6, 6.07) is 35.0. The minimum Gasteiger partial charge on any atom is -0.278 e. The Balaban J connectivity index is 1.69. The van der Waals surface area contributed by atoms with Gasteiger partial charge in [-0.3, -0.25) is 4.57 Å². The van der Waals surface area contributed by atoms with E-state index in [1.807, 2.05) is 0 Å². The highest BCUT2D eigenvalue weighted by atomic mass is 15.3. The van der Waals surface area contributed by atoms with Crippen LogP contribution in [-0.2, 0) is 10.8 Å². The zero-order chi connectivity index (χ0) is 29.2. The first-order valence-electron chi connectivity index (χ1n) is 14.9. The van der Waals surface area contributed by atoms with Crippen LogP contribution in [-0.4, -0.2) is 14.8 Å². The molecule has 0 amide bonds. The molecule has 0 spiro atoms. The van der Waals surface area contributed by atoms with Gasteiger partial charge in [0.1, 0.15) is 5.82 Å². The van der Waals surface area contributed by atoms with E-state index in [0.29, 0.717) is 0 Å². The van der Waals surface area contributed by atoms with Crippen LogP contribution < -0.4 is 0 Å². The molecule has 3 heteroatoms. The Morgan fingerprint density at radius 3 is 1.98 bits per heavy atom. The fourth-order valence-electron chi connectivity index (χ4n) is 5.53. The maximum atomic E-state index is 4.90. The summed E-state index contributed by atoms with van der Waals surface area (Å²) in [5, 5.41) is 9.77. The molecular weight excluding hydrogens is 498 g/mol. The lowest BCUT2D eigenvalue weighted by molar-refractivity contribution is 0.425. The van der Waals surface area contributed by atoms with Gasteiger partial charge in [-0.1, -0.05) is 133 Å². The average Bonchev–Trinajstić information content (AvgIpc) is 3.43. The van der Waals surface area contributed by atoms with E-state index in [9.17, 15) is 0 Å². The number of unbranched alkanes of at least 4 members (excludes halogenated alkanes) is 1. The van der Waals surface area contributed by atoms with Crippen LogP contribution in [0.3, 0.4) is 0 Å². The maximum Gasteiger partial charge on any atom is 0.168 e. The van der Waals surface area contributed by atoms with Crippen LogP contribution >= 0.6 is 0 Å². The summed E-state index contributed by atoms with van der Waals surface area (Å²) in [6.07, 6.45) is 3.37. The van der Waals surface area contributed by atoms with Gasteiger partial charge in [0.2, 0.25) is 0 Å². The van der Waals surface area contributed by atoms with Crippen molar-refractivity contribution in [1.29, 1.82) is 0 Å². The molecule has 3 nitrogen and oxygen atoms in total. The Bertz CT molecular complexity index is 1630. The van der Waals surface area contributed by atoms with Crippen LogP contribution in [0, 0.1) is 6.92 Å². The molecule has 5 rings (SSSR count). The fourth-order valence-corrected chi connectivity index (χ4v) is 5.53. The summed E-state index contributed by atoms with van der Waals surface area (Å²) >= 11 is 0. The number of hydrogen-bond donors (Lipinski definition) is 0. The molecular formula is C38H43N3. The Hall–Kier alpha value is -3.98. The molecule has 210 valence electrons. The summed E-state index contributed by atoms with van der Waals surface area (Å²) < 4.78 is 2.33. The van der Waals surface area contributed by atoms with Crippen LogP contribution in [0.5, 0.6) is 0 Å². The fraction of sp³-hybridized carbons (Fsp3) is 0.316. The summed E-state index contributed by atoms with van der Waals surface area (Å²) in [6.45, 7) is 15.8. The molecule has 0 unspecified atom stereocenters. The molecule has 1 heterocycles. The third kappa shape index (κ3) is 6.05. The smallest absolute Gasteiger partial charge is 0.168 e. The molecule has 1 aromatic heterocycles. The lowest BCUT2D eigenvalue weighted by atomic mass is 9.85. The summed E-state index contributed by atoms with van der Waals surface area (Å²) in [5.74, 6) is 1.91. The van der Waals surface area contributed by atoms with Gasteiger partial charge in [-0.25, -0.2) is 0 Å². The van der Waals surface area contributed by atoms with E-state index >= 15 is 0 Å². The van der Waals surface area contributed by atoms with Gasteiger partial charge in [0.15, 0.2) is 5.82 Å². The molecule has 41 heavy (non-hydrogen) atoms. The third-order valence-electron chi connectivity index (χ3n) is 8.16. The Morgan fingerprint density at radius 2 is 1.27 bits per heavy atom. The van der Waals surface area contributed by atoms with Crippen molar-refractivity contribution in [3.05, 3.63) is 114 Å². The minimum absolute atomic E-state index is 0.0453. The maximum absolute atomic E-state index is 4.90. The SMILES string of the molecule is CCCCC(C)(C)c1nnc(-c2cccc(C(C)(C)C)c2)n1-c1cc(-c2cccc(-c3ccccc3)c2)ccc1C. The van der Waals surface area contributed by atoms with Crippen molar-refractivity contribution >= 4 is 0 Å². The molecule has 0 fully saturated rings. The predicted octanol–water partition coefficient (Wildman–Crippen LogP) is 10.3. The summed E-state index contributed by atoms with van der Waals surface area (Å²) in [5.41, 5.74) is 9.46. The molecule has 0 atom stereocenters. The van der Waals surface area contributed by atoms with Crippen molar-refractivity contribution in [1.82, 2.24) is 14.8 Å². The highest BCUT2D eigenvalue weighted by Gasteiger charge is 2.30. The Labute approximate surface area is 246 Å². The Morgan fingerprint density at radius 1 is 0.634 bits per heavy atom. The van der Waals surface area contributed by atoms with Gasteiger partial charge in [0, 0.05) is 11.0 Å². The second kappa shape index (κ2) is 11.5. The van der Waals surface area contributed by atoms with Crippen LogP contribution in [0.25, 0.3) is 39.3 Å². The van der Waals surface area contributed by atoms with Gasteiger partial charge < -0.3 is 0 Å². The lowest BCUT2D eigenvalue weighted by Gasteiger charge is -2.26. The molecule has 4 aromatic carbocycles. The van der Waals surface area contributed by atoms with Crippen LogP contribution in [0.15, 0.2) is 97.1 Å². The molecule has 0 saturated heterocycles. The first-order valence-corrected chi connectivity index (χ1v) is 14.9. The standard InChI is InChI=1S/C38H43N3/c1-8-9-23-38(6,7)36-40-39-35(32-19-14-20-33(25-32)37(3,4)5)41(36)34-26-31(22-21-27(34)2)30-18-13-17-29(24-30)28-15-11-10-12-16-28/h10-22,24-26H,8-9,23H2,1-7H3. The number of aromatic nitrogens is 3. The highest BCUT2D eigenvalue weighted by molar-refractivity contribution is 5.75. The van der Waals surface area contributed by atoms with Crippen molar-refractivity contribution in [2.75, 3.05) is 0 Å². The largest absolute Gasteiger partial charge is 0.278 e. The molecule has 0 aliphatic carbocycles. The zero-order valence-electron chi connectivity index (χ0n) is 25.7. The van der Waals surface area contributed by atoms with Crippen molar-refractivity contribution in [3.8, 4) is 39.3 Å². The summed E-state index contributed by atoms with van der Waals surface area (Å²) in [7, 11) is 0. The van der Waals surface area contributed by atoms with Gasteiger partial charge in [-0.2, -0.15) is 0 Å². The molecule has 5 aromatic rings. The van der Waals surface area contributed by atoms with Gasteiger partial charge in [-0.05, 0) is 70.3 Å². The minimum atomic E-state index is -0.126. The molecule has 0 radical (unpaired) electrons. The van der Waals surface area contributed by atoms with Gasteiger partial charge in [-0.15, -0.1) is 10.2 Å². The highest BCUT2D eigenvalue weighted by Crippen LogP contribution is 2.37. The van der Waals surface area contributed by atoms with E-state index in [1.54, 1.807) is 0 Å². The van der Waals surface area contributed by atoms with Gasteiger partial charge in [0.25, 0.3) is 0 Å².